The molecule has 6 nitrogen and oxygen atoms in total. The Morgan fingerprint density at radius 1 is 1.24 bits per heavy atom. The summed E-state index contributed by atoms with van der Waals surface area (Å²) in [6, 6.07) is 2.44. The van der Waals surface area contributed by atoms with Crippen LogP contribution in [0.25, 0.3) is 0 Å². The van der Waals surface area contributed by atoms with Gasteiger partial charge in [-0.15, -0.1) is 0 Å². The highest BCUT2D eigenvalue weighted by Gasteiger charge is 2.36. The molecule has 0 bridgehead atoms. The van der Waals surface area contributed by atoms with Crippen molar-refractivity contribution in [3.63, 3.8) is 0 Å². The zero-order chi connectivity index (χ0) is 15.6. The third-order valence-electron chi connectivity index (χ3n) is 3.36. The van der Waals surface area contributed by atoms with Gasteiger partial charge in [0.05, 0.1) is 21.3 Å². The molecular formula is C13H14Cl2N2O4. The van der Waals surface area contributed by atoms with Gasteiger partial charge in [0.15, 0.2) is 0 Å². The maximum atomic E-state index is 12.3. The van der Waals surface area contributed by atoms with Gasteiger partial charge in [0.25, 0.3) is 0 Å². The Morgan fingerprint density at radius 2 is 1.76 bits per heavy atom. The Hall–Kier alpha value is -1.34. The van der Waals surface area contributed by atoms with E-state index in [2.05, 4.69) is 5.32 Å². The minimum atomic E-state index is -1.16. The highest BCUT2D eigenvalue weighted by molar-refractivity contribution is 6.40. The van der Waals surface area contributed by atoms with Crippen LogP contribution in [0.3, 0.4) is 0 Å². The number of nitrogens with one attached hydrogen (secondary N) is 1. The van der Waals surface area contributed by atoms with Crippen LogP contribution in [0.5, 0.6) is 0 Å². The first-order valence-corrected chi connectivity index (χ1v) is 6.99. The first-order chi connectivity index (χ1) is 9.83. The van der Waals surface area contributed by atoms with E-state index in [0.717, 1.165) is 0 Å². The van der Waals surface area contributed by atoms with Crippen LogP contribution < -0.4 is 11.1 Å². The summed E-state index contributed by atoms with van der Waals surface area (Å²) in [5.74, 6) is -1.57. The van der Waals surface area contributed by atoms with Gasteiger partial charge in [0, 0.05) is 13.2 Å². The van der Waals surface area contributed by atoms with Crippen molar-refractivity contribution in [2.24, 2.45) is 5.73 Å². The minimum absolute atomic E-state index is 0.0453. The Balaban J connectivity index is 2.23. The fourth-order valence-corrected chi connectivity index (χ4v) is 2.60. The number of carbonyl (C=O) groups excluding carboxylic acids is 1. The maximum Gasteiger partial charge on any atom is 0.335 e. The van der Waals surface area contributed by atoms with Crippen LogP contribution in [0.2, 0.25) is 10.0 Å². The minimum Gasteiger partial charge on any atom is -0.478 e. The third-order valence-corrected chi connectivity index (χ3v) is 3.96. The molecule has 0 unspecified atom stereocenters. The number of nitrogens with two attached hydrogens (primary N) is 1. The lowest BCUT2D eigenvalue weighted by atomic mass is 9.90. The number of hydrogen-bond donors (Lipinski definition) is 3. The third kappa shape index (κ3) is 3.47. The van der Waals surface area contributed by atoms with Crippen molar-refractivity contribution in [2.45, 2.75) is 18.4 Å². The number of benzene rings is 1. The summed E-state index contributed by atoms with van der Waals surface area (Å²) in [5, 5.41) is 11.6. The lowest BCUT2D eigenvalue weighted by molar-refractivity contribution is -0.124. The molecule has 1 heterocycles. The van der Waals surface area contributed by atoms with Crippen molar-refractivity contribution in [1.29, 1.82) is 0 Å². The fourth-order valence-electron chi connectivity index (χ4n) is 2.02. The number of rotatable bonds is 3. The second-order valence-corrected chi connectivity index (χ2v) is 5.66. The Labute approximate surface area is 131 Å². The van der Waals surface area contributed by atoms with Crippen molar-refractivity contribution < 1.29 is 19.4 Å². The van der Waals surface area contributed by atoms with E-state index < -0.39 is 17.4 Å². The van der Waals surface area contributed by atoms with Crippen molar-refractivity contribution in [3.8, 4) is 0 Å². The number of aromatic carboxylic acids is 1. The molecule has 1 aromatic rings. The molecule has 8 heteroatoms. The zero-order valence-electron chi connectivity index (χ0n) is 11.0. The van der Waals surface area contributed by atoms with E-state index in [9.17, 15) is 9.59 Å². The van der Waals surface area contributed by atoms with Crippen LogP contribution in [0, 0.1) is 0 Å². The number of hydrogen-bond acceptors (Lipinski definition) is 4. The predicted molar refractivity (Wildman–Crippen MR) is 79.0 cm³/mol. The molecule has 0 radical (unpaired) electrons. The molecule has 0 aromatic heterocycles. The van der Waals surface area contributed by atoms with Gasteiger partial charge in [-0.25, -0.2) is 4.79 Å². The zero-order valence-corrected chi connectivity index (χ0v) is 12.5. The lowest BCUT2D eigenvalue weighted by Gasteiger charge is -2.32. The quantitative estimate of drug-likeness (QED) is 0.787. The molecule has 1 aliphatic rings. The van der Waals surface area contributed by atoms with E-state index in [4.69, 9.17) is 38.8 Å². The number of anilines is 1. The summed E-state index contributed by atoms with van der Waals surface area (Å²) in [6.45, 7) is 0.812. The largest absolute Gasteiger partial charge is 0.478 e. The summed E-state index contributed by atoms with van der Waals surface area (Å²) < 4.78 is 5.18. The van der Waals surface area contributed by atoms with Gasteiger partial charge in [-0.3, -0.25) is 4.79 Å². The van der Waals surface area contributed by atoms with Crippen LogP contribution in [0.15, 0.2) is 12.1 Å². The van der Waals surface area contributed by atoms with Gasteiger partial charge >= 0.3 is 5.97 Å². The standard InChI is InChI=1S/C13H14Cl2N2O4/c14-8-5-7(11(18)19)6-9(15)10(8)17-12(20)13(16)1-3-21-4-2-13/h5-6H,1-4,16H2,(H,17,20)(H,18,19). The van der Waals surface area contributed by atoms with Crippen molar-refractivity contribution >= 4 is 40.8 Å². The number of ether oxygens (including phenoxy) is 1. The molecule has 0 saturated carbocycles. The van der Waals surface area contributed by atoms with Gasteiger partial charge in [0.2, 0.25) is 5.91 Å². The van der Waals surface area contributed by atoms with Gasteiger partial charge in [-0.05, 0) is 25.0 Å². The van der Waals surface area contributed by atoms with Gasteiger partial charge in [0.1, 0.15) is 5.54 Å². The van der Waals surface area contributed by atoms with Crippen molar-refractivity contribution in [3.05, 3.63) is 27.7 Å². The Kier molecular flexibility index (Phi) is 4.73. The molecule has 0 atom stereocenters. The molecule has 0 aliphatic carbocycles. The summed E-state index contributed by atoms with van der Waals surface area (Å²) in [6.07, 6.45) is 0.780. The number of carbonyl (C=O) groups is 2. The number of carboxylic acids is 1. The Morgan fingerprint density at radius 3 is 2.24 bits per heavy atom. The summed E-state index contributed by atoms with van der Waals surface area (Å²) >= 11 is 12.0. The predicted octanol–water partition coefficient (Wildman–Crippen LogP) is 2.14. The van der Waals surface area contributed by atoms with Crippen LogP contribution >= 0.6 is 23.2 Å². The lowest BCUT2D eigenvalue weighted by Crippen LogP contribution is -2.54. The molecule has 1 amide bonds. The second-order valence-electron chi connectivity index (χ2n) is 4.84. The average molecular weight is 333 g/mol. The van der Waals surface area contributed by atoms with Crippen LogP contribution in [-0.4, -0.2) is 35.7 Å². The number of halogens is 2. The molecule has 2 rings (SSSR count). The SMILES string of the molecule is NC1(C(=O)Nc2c(Cl)cc(C(=O)O)cc2Cl)CCOCC1. The van der Waals surface area contributed by atoms with E-state index in [1.807, 2.05) is 0 Å². The van der Waals surface area contributed by atoms with E-state index in [-0.39, 0.29) is 21.3 Å². The summed E-state index contributed by atoms with van der Waals surface area (Å²) in [4.78, 5) is 23.2. The average Bonchev–Trinajstić information content (AvgIpc) is 2.43. The molecular weight excluding hydrogens is 319 g/mol. The van der Waals surface area contributed by atoms with E-state index in [0.29, 0.717) is 26.1 Å². The topological polar surface area (TPSA) is 102 Å². The molecule has 21 heavy (non-hydrogen) atoms. The monoisotopic (exact) mass is 332 g/mol. The molecule has 4 N–H and O–H groups in total. The van der Waals surface area contributed by atoms with E-state index >= 15 is 0 Å². The maximum absolute atomic E-state index is 12.3. The first-order valence-electron chi connectivity index (χ1n) is 6.24. The van der Waals surface area contributed by atoms with E-state index in [1.54, 1.807) is 0 Å². The van der Waals surface area contributed by atoms with Crippen LogP contribution in [0.1, 0.15) is 23.2 Å². The Bertz CT molecular complexity index is 563. The van der Waals surface area contributed by atoms with Crippen molar-refractivity contribution in [1.82, 2.24) is 0 Å². The second kappa shape index (κ2) is 6.19. The highest BCUT2D eigenvalue weighted by Crippen LogP contribution is 2.33. The van der Waals surface area contributed by atoms with Crippen LogP contribution in [-0.2, 0) is 9.53 Å². The van der Waals surface area contributed by atoms with Gasteiger partial charge in [-0.2, -0.15) is 0 Å². The summed E-state index contributed by atoms with van der Waals surface area (Å²) in [7, 11) is 0. The van der Waals surface area contributed by atoms with E-state index in [1.165, 1.54) is 12.1 Å². The first kappa shape index (κ1) is 16.0. The molecule has 0 spiro atoms. The van der Waals surface area contributed by atoms with Gasteiger partial charge in [-0.1, -0.05) is 23.2 Å². The molecule has 1 aromatic carbocycles. The molecule has 1 saturated heterocycles. The molecule has 114 valence electrons. The normalized spacial score (nSPS) is 17.3. The van der Waals surface area contributed by atoms with Crippen molar-refractivity contribution in [2.75, 3.05) is 18.5 Å². The number of amides is 1. The smallest absolute Gasteiger partial charge is 0.335 e. The fraction of sp³-hybridized carbons (Fsp3) is 0.385. The summed E-state index contributed by atoms with van der Waals surface area (Å²) in [5.41, 5.74) is 5.11. The van der Waals surface area contributed by atoms with Crippen LogP contribution in [0.4, 0.5) is 5.69 Å². The van der Waals surface area contributed by atoms with Gasteiger partial charge < -0.3 is 20.9 Å². The number of carboxylic acid groups (broad SMARTS) is 1. The molecule has 1 aliphatic heterocycles. The molecule has 1 fully saturated rings. The highest BCUT2D eigenvalue weighted by atomic mass is 35.5.